The van der Waals surface area contributed by atoms with Crippen LogP contribution < -0.4 is 9.47 Å². The number of fused-ring (bicyclic) bond motifs is 1. The number of nitriles is 1. The Kier molecular flexibility index (Phi) is 4.46. The number of benzene rings is 3. The van der Waals surface area contributed by atoms with E-state index in [1.807, 2.05) is 30.3 Å². The van der Waals surface area contributed by atoms with Crippen LogP contribution in [0.1, 0.15) is 21.5 Å². The van der Waals surface area contributed by atoms with Crippen molar-refractivity contribution in [3.8, 4) is 28.7 Å². The first-order valence-electron chi connectivity index (χ1n) is 8.40. The van der Waals surface area contributed by atoms with Crippen LogP contribution in [0, 0.1) is 11.3 Å². The first kappa shape index (κ1) is 16.7. The molecule has 1 aliphatic rings. The Morgan fingerprint density at radius 1 is 0.963 bits per heavy atom. The number of carbonyl (C=O) groups is 1. The molecule has 132 valence electrons. The number of nitrogens with zero attached hydrogens (tertiary/aromatic N) is 1. The molecule has 3 aromatic carbocycles. The van der Waals surface area contributed by atoms with Crippen molar-refractivity contribution in [2.45, 2.75) is 6.61 Å². The van der Waals surface area contributed by atoms with Crippen LogP contribution in [0.25, 0.3) is 11.1 Å². The molecular formula is C22H15NO4. The normalized spacial score (nSPS) is 11.7. The van der Waals surface area contributed by atoms with Crippen LogP contribution >= 0.6 is 0 Å². The molecule has 1 heterocycles. The molecular weight excluding hydrogens is 342 g/mol. The first-order valence-corrected chi connectivity index (χ1v) is 8.40. The van der Waals surface area contributed by atoms with Gasteiger partial charge in [0.2, 0.25) is 6.79 Å². The number of rotatable bonds is 4. The second-order valence-electron chi connectivity index (χ2n) is 5.97. The lowest BCUT2D eigenvalue weighted by molar-refractivity contribution is 0.0473. The maximum atomic E-state index is 12.7. The van der Waals surface area contributed by atoms with E-state index in [9.17, 15) is 10.1 Å². The minimum absolute atomic E-state index is 0.115. The molecule has 5 heteroatoms. The summed E-state index contributed by atoms with van der Waals surface area (Å²) < 4.78 is 16.1. The first-order chi connectivity index (χ1) is 13.3. The van der Waals surface area contributed by atoms with E-state index in [0.717, 1.165) is 5.56 Å². The Morgan fingerprint density at radius 3 is 2.56 bits per heavy atom. The van der Waals surface area contributed by atoms with Gasteiger partial charge in [0.1, 0.15) is 6.61 Å². The van der Waals surface area contributed by atoms with Crippen molar-refractivity contribution >= 4 is 5.97 Å². The zero-order valence-electron chi connectivity index (χ0n) is 14.3. The smallest absolute Gasteiger partial charge is 0.339 e. The van der Waals surface area contributed by atoms with Crippen molar-refractivity contribution in [2.24, 2.45) is 0 Å². The average Bonchev–Trinajstić information content (AvgIpc) is 3.20. The number of ether oxygens (including phenoxy) is 3. The number of esters is 1. The molecule has 0 saturated carbocycles. The minimum atomic E-state index is -0.448. The number of hydrogen-bond donors (Lipinski definition) is 0. The summed E-state index contributed by atoms with van der Waals surface area (Å²) in [7, 11) is 0. The molecule has 3 aromatic rings. The highest BCUT2D eigenvalue weighted by Crippen LogP contribution is 2.33. The van der Waals surface area contributed by atoms with Crippen molar-refractivity contribution in [1.29, 1.82) is 5.26 Å². The van der Waals surface area contributed by atoms with E-state index in [4.69, 9.17) is 14.2 Å². The van der Waals surface area contributed by atoms with Crippen molar-refractivity contribution in [3.05, 3.63) is 83.4 Å². The van der Waals surface area contributed by atoms with E-state index < -0.39 is 5.97 Å². The fourth-order valence-electron chi connectivity index (χ4n) is 2.97. The molecule has 0 unspecified atom stereocenters. The third-order valence-electron chi connectivity index (χ3n) is 4.29. The molecule has 0 N–H and O–H groups in total. The summed E-state index contributed by atoms with van der Waals surface area (Å²) in [5.41, 5.74) is 3.11. The Morgan fingerprint density at radius 2 is 1.70 bits per heavy atom. The van der Waals surface area contributed by atoms with Crippen LogP contribution in [0.15, 0.2) is 66.7 Å². The molecule has 0 atom stereocenters. The fourth-order valence-corrected chi connectivity index (χ4v) is 2.97. The largest absolute Gasteiger partial charge is 0.457 e. The molecule has 0 fully saturated rings. The summed E-state index contributed by atoms with van der Waals surface area (Å²) in [5.74, 6) is 0.881. The van der Waals surface area contributed by atoms with E-state index in [1.165, 1.54) is 0 Å². The van der Waals surface area contributed by atoms with Crippen LogP contribution in [0.2, 0.25) is 0 Å². The monoisotopic (exact) mass is 357 g/mol. The van der Waals surface area contributed by atoms with Crippen molar-refractivity contribution < 1.29 is 19.0 Å². The molecule has 0 spiro atoms. The molecule has 4 rings (SSSR count). The van der Waals surface area contributed by atoms with Gasteiger partial charge in [0.25, 0.3) is 0 Å². The van der Waals surface area contributed by atoms with Gasteiger partial charge in [-0.25, -0.2) is 4.79 Å². The maximum Gasteiger partial charge on any atom is 0.339 e. The maximum absolute atomic E-state index is 12.7. The van der Waals surface area contributed by atoms with Gasteiger partial charge in [0.15, 0.2) is 11.5 Å². The third kappa shape index (κ3) is 3.33. The lowest BCUT2D eigenvalue weighted by Crippen LogP contribution is -2.07. The summed E-state index contributed by atoms with van der Waals surface area (Å²) in [5, 5.41) is 9.35. The molecule has 5 nitrogen and oxygen atoms in total. The van der Waals surface area contributed by atoms with Gasteiger partial charge in [0.05, 0.1) is 17.2 Å². The highest BCUT2D eigenvalue weighted by atomic mass is 16.7. The molecule has 0 aromatic heterocycles. The summed E-state index contributed by atoms with van der Waals surface area (Å²) in [6, 6.07) is 21.9. The van der Waals surface area contributed by atoms with Gasteiger partial charge in [-0.3, -0.25) is 0 Å². The predicted molar refractivity (Wildman–Crippen MR) is 98.3 cm³/mol. The van der Waals surface area contributed by atoms with Crippen molar-refractivity contribution in [2.75, 3.05) is 6.79 Å². The Balaban J connectivity index is 1.57. The molecule has 1 aliphatic heterocycles. The highest BCUT2D eigenvalue weighted by Gasteiger charge is 2.17. The zero-order chi connectivity index (χ0) is 18.6. The van der Waals surface area contributed by atoms with E-state index in [-0.39, 0.29) is 13.4 Å². The van der Waals surface area contributed by atoms with Crippen LogP contribution in [0.4, 0.5) is 0 Å². The van der Waals surface area contributed by atoms with Crippen LogP contribution in [0.3, 0.4) is 0 Å². The lowest BCUT2D eigenvalue weighted by Gasteiger charge is -2.11. The molecule has 27 heavy (non-hydrogen) atoms. The minimum Gasteiger partial charge on any atom is -0.457 e. The lowest BCUT2D eigenvalue weighted by atomic mass is 9.96. The van der Waals surface area contributed by atoms with Gasteiger partial charge >= 0.3 is 5.97 Å². The third-order valence-corrected chi connectivity index (χ3v) is 4.29. The summed E-state index contributed by atoms with van der Waals surface area (Å²) in [6.07, 6.45) is 0. The fraction of sp³-hybridized carbons (Fsp3) is 0.0909. The van der Waals surface area contributed by atoms with E-state index in [2.05, 4.69) is 6.07 Å². The van der Waals surface area contributed by atoms with Gasteiger partial charge in [-0.1, -0.05) is 42.5 Å². The molecule has 0 saturated heterocycles. The second kappa shape index (κ2) is 7.22. The predicted octanol–water partition coefficient (Wildman–Crippen LogP) is 4.31. The number of hydrogen-bond acceptors (Lipinski definition) is 5. The van der Waals surface area contributed by atoms with Crippen LogP contribution in [-0.4, -0.2) is 12.8 Å². The molecule has 0 aliphatic carbocycles. The Bertz CT molecular complexity index is 1050. The van der Waals surface area contributed by atoms with Crippen LogP contribution in [-0.2, 0) is 11.3 Å². The standard InChI is InChI=1S/C22H15NO4/c23-12-16-5-1-2-6-17(16)18-7-3-4-8-19(18)22(24)25-13-15-9-10-20-21(11-15)27-14-26-20/h1-11H,13-14H2. The summed E-state index contributed by atoms with van der Waals surface area (Å²) in [4.78, 5) is 12.7. The summed E-state index contributed by atoms with van der Waals surface area (Å²) in [6.45, 7) is 0.313. The van der Waals surface area contributed by atoms with E-state index in [1.54, 1.807) is 36.4 Å². The highest BCUT2D eigenvalue weighted by molar-refractivity contribution is 5.98. The van der Waals surface area contributed by atoms with Crippen molar-refractivity contribution in [3.63, 3.8) is 0 Å². The molecule has 0 radical (unpaired) electrons. The average molecular weight is 357 g/mol. The molecule has 0 amide bonds. The van der Waals surface area contributed by atoms with Gasteiger partial charge in [0, 0.05) is 5.56 Å². The second-order valence-corrected chi connectivity index (χ2v) is 5.97. The van der Waals surface area contributed by atoms with Gasteiger partial charge < -0.3 is 14.2 Å². The molecule has 0 bridgehead atoms. The Labute approximate surface area is 156 Å². The van der Waals surface area contributed by atoms with Gasteiger partial charge in [-0.2, -0.15) is 5.26 Å². The van der Waals surface area contributed by atoms with E-state index >= 15 is 0 Å². The number of carbonyl (C=O) groups excluding carboxylic acids is 1. The van der Waals surface area contributed by atoms with Crippen LogP contribution in [0.5, 0.6) is 11.5 Å². The zero-order valence-corrected chi connectivity index (χ0v) is 14.3. The Hall–Kier alpha value is -3.78. The summed E-state index contributed by atoms with van der Waals surface area (Å²) >= 11 is 0. The van der Waals surface area contributed by atoms with E-state index in [0.29, 0.717) is 33.8 Å². The topological polar surface area (TPSA) is 68.6 Å². The van der Waals surface area contributed by atoms with Gasteiger partial charge in [-0.15, -0.1) is 0 Å². The van der Waals surface area contributed by atoms with Gasteiger partial charge in [-0.05, 0) is 35.4 Å². The van der Waals surface area contributed by atoms with Crippen molar-refractivity contribution in [1.82, 2.24) is 0 Å². The quantitative estimate of drug-likeness (QED) is 0.651. The SMILES string of the molecule is N#Cc1ccccc1-c1ccccc1C(=O)OCc1ccc2c(c1)OCO2.